The van der Waals surface area contributed by atoms with Crippen LogP contribution in [0.25, 0.3) is 0 Å². The van der Waals surface area contributed by atoms with Crippen molar-refractivity contribution >= 4 is 12.3 Å². The van der Waals surface area contributed by atoms with Crippen molar-refractivity contribution in [2.24, 2.45) is 5.10 Å². The molecule has 1 heterocycles. The monoisotopic (exact) mass is 195 g/mol. The zero-order chi connectivity index (χ0) is 10.4. The van der Waals surface area contributed by atoms with Crippen LogP contribution in [0.4, 0.5) is 4.79 Å². The smallest absolute Gasteiger partial charge is 0.425 e. The van der Waals surface area contributed by atoms with Gasteiger partial charge >= 0.3 is 6.09 Å². The Morgan fingerprint density at radius 2 is 2.50 bits per heavy atom. The molecule has 0 unspecified atom stereocenters. The first-order valence-electron chi connectivity index (χ1n) is 3.73. The lowest BCUT2D eigenvalue weighted by molar-refractivity contribution is 0.195. The van der Waals surface area contributed by atoms with Crippen LogP contribution in [0.5, 0.6) is 5.75 Å². The van der Waals surface area contributed by atoms with Gasteiger partial charge in [-0.2, -0.15) is 5.10 Å². The molecule has 0 spiro atoms. The number of amides is 1. The predicted octanol–water partition coefficient (Wildman–Crippen LogP) is 0.692. The highest BCUT2D eigenvalue weighted by Gasteiger charge is 1.93. The Labute approximate surface area is 80.2 Å². The molecule has 0 bridgehead atoms. The average Bonchev–Trinajstić information content (AvgIpc) is 2.18. The molecule has 1 rings (SSSR count). The molecule has 2 N–H and O–H groups in total. The molecule has 1 aromatic rings. The van der Waals surface area contributed by atoms with E-state index in [9.17, 15) is 4.79 Å². The zero-order valence-electron chi connectivity index (χ0n) is 7.47. The third-order valence-corrected chi connectivity index (χ3v) is 1.34. The number of nitrogens with zero attached hydrogens (tertiary/aromatic N) is 2. The molecular formula is C8H9N3O3. The minimum Gasteiger partial charge on any atom is -0.495 e. The van der Waals surface area contributed by atoms with Crippen LogP contribution in [0.3, 0.4) is 0 Å². The molecule has 1 amide bonds. The molecule has 0 aromatic carbocycles. The summed E-state index contributed by atoms with van der Waals surface area (Å²) in [6, 6.07) is 1.68. The number of aromatic nitrogens is 1. The lowest BCUT2D eigenvalue weighted by Gasteiger charge is -1.98. The minimum atomic E-state index is -1.21. The van der Waals surface area contributed by atoms with E-state index < -0.39 is 6.09 Å². The van der Waals surface area contributed by atoms with Crippen LogP contribution < -0.4 is 10.2 Å². The highest BCUT2D eigenvalue weighted by atomic mass is 16.5. The van der Waals surface area contributed by atoms with E-state index in [2.05, 4.69) is 10.1 Å². The van der Waals surface area contributed by atoms with Crippen molar-refractivity contribution in [2.45, 2.75) is 0 Å². The van der Waals surface area contributed by atoms with Crippen LogP contribution >= 0.6 is 0 Å². The average molecular weight is 195 g/mol. The van der Waals surface area contributed by atoms with E-state index in [4.69, 9.17) is 9.84 Å². The van der Waals surface area contributed by atoms with Gasteiger partial charge < -0.3 is 9.84 Å². The van der Waals surface area contributed by atoms with Crippen LogP contribution in [0.1, 0.15) is 5.56 Å². The Hall–Kier alpha value is -2.11. The van der Waals surface area contributed by atoms with Gasteiger partial charge in [0, 0.05) is 11.8 Å². The van der Waals surface area contributed by atoms with Gasteiger partial charge in [-0.15, -0.1) is 0 Å². The van der Waals surface area contributed by atoms with E-state index >= 15 is 0 Å². The summed E-state index contributed by atoms with van der Waals surface area (Å²) in [6.07, 6.45) is 3.21. The van der Waals surface area contributed by atoms with Gasteiger partial charge in [-0.1, -0.05) is 0 Å². The summed E-state index contributed by atoms with van der Waals surface area (Å²) in [5.74, 6) is 0.587. The van der Waals surface area contributed by atoms with Gasteiger partial charge in [0.25, 0.3) is 0 Å². The number of rotatable bonds is 3. The fourth-order valence-corrected chi connectivity index (χ4v) is 0.780. The molecular weight excluding hydrogens is 186 g/mol. The summed E-state index contributed by atoms with van der Waals surface area (Å²) in [5.41, 5.74) is 2.50. The summed E-state index contributed by atoms with van der Waals surface area (Å²) in [7, 11) is 1.52. The quantitative estimate of drug-likeness (QED) is 0.549. The molecule has 6 nitrogen and oxygen atoms in total. The van der Waals surface area contributed by atoms with Gasteiger partial charge in [-0.3, -0.25) is 4.98 Å². The number of hydrogen-bond donors (Lipinski definition) is 2. The van der Waals surface area contributed by atoms with Crippen LogP contribution in [0.2, 0.25) is 0 Å². The molecule has 0 atom stereocenters. The van der Waals surface area contributed by atoms with Crippen molar-refractivity contribution in [3.8, 4) is 5.75 Å². The van der Waals surface area contributed by atoms with E-state index in [0.29, 0.717) is 11.3 Å². The van der Waals surface area contributed by atoms with Crippen molar-refractivity contribution in [2.75, 3.05) is 7.11 Å². The van der Waals surface area contributed by atoms with E-state index in [0.717, 1.165) is 0 Å². The zero-order valence-corrected chi connectivity index (χ0v) is 7.47. The fourth-order valence-electron chi connectivity index (χ4n) is 0.780. The third kappa shape index (κ3) is 3.10. The number of methoxy groups -OCH3 is 1. The van der Waals surface area contributed by atoms with Gasteiger partial charge in [0.2, 0.25) is 0 Å². The summed E-state index contributed by atoms with van der Waals surface area (Å²) in [6.45, 7) is 0. The first-order chi connectivity index (χ1) is 6.72. The maximum atomic E-state index is 10.0. The molecule has 0 fully saturated rings. The number of hydrogen-bond acceptors (Lipinski definition) is 4. The first kappa shape index (κ1) is 9.97. The molecule has 1 aromatic heterocycles. The lowest BCUT2D eigenvalue weighted by atomic mass is 10.3. The van der Waals surface area contributed by atoms with E-state index in [-0.39, 0.29) is 0 Å². The number of pyridine rings is 1. The van der Waals surface area contributed by atoms with Gasteiger partial charge in [0.05, 0.1) is 19.5 Å². The summed E-state index contributed by atoms with van der Waals surface area (Å²) in [4.78, 5) is 13.9. The molecule has 0 aliphatic rings. The van der Waals surface area contributed by atoms with Gasteiger partial charge in [-0.25, -0.2) is 10.2 Å². The number of carboxylic acid groups (broad SMARTS) is 1. The van der Waals surface area contributed by atoms with E-state index in [1.54, 1.807) is 12.3 Å². The van der Waals surface area contributed by atoms with Crippen LogP contribution in [-0.4, -0.2) is 29.5 Å². The Bertz CT molecular complexity index is 351. The maximum Gasteiger partial charge on any atom is 0.425 e. The second-order valence-electron chi connectivity index (χ2n) is 2.33. The third-order valence-electron chi connectivity index (χ3n) is 1.34. The maximum absolute atomic E-state index is 10.0. The van der Waals surface area contributed by atoms with E-state index in [1.807, 2.05) is 5.43 Å². The van der Waals surface area contributed by atoms with Crippen molar-refractivity contribution in [1.29, 1.82) is 0 Å². The number of nitrogens with one attached hydrogen (secondary N) is 1. The Morgan fingerprint density at radius 1 is 1.71 bits per heavy atom. The second kappa shape index (κ2) is 4.80. The largest absolute Gasteiger partial charge is 0.495 e. The fraction of sp³-hybridized carbons (Fsp3) is 0.125. The van der Waals surface area contributed by atoms with Crippen molar-refractivity contribution < 1.29 is 14.6 Å². The molecule has 0 saturated heterocycles. The minimum absolute atomic E-state index is 0.587. The summed E-state index contributed by atoms with van der Waals surface area (Å²) >= 11 is 0. The predicted molar refractivity (Wildman–Crippen MR) is 49.5 cm³/mol. The molecule has 0 aliphatic heterocycles. The lowest BCUT2D eigenvalue weighted by Crippen LogP contribution is -2.13. The SMILES string of the molecule is COc1cncc(/C=N/NC(=O)O)c1. The topological polar surface area (TPSA) is 83.8 Å². The van der Waals surface area contributed by atoms with E-state index in [1.165, 1.54) is 19.5 Å². The molecule has 6 heteroatoms. The van der Waals surface area contributed by atoms with Crippen LogP contribution in [-0.2, 0) is 0 Å². The number of carbonyl (C=O) groups is 1. The molecule has 0 saturated carbocycles. The molecule has 14 heavy (non-hydrogen) atoms. The van der Waals surface area contributed by atoms with Crippen molar-refractivity contribution in [1.82, 2.24) is 10.4 Å². The van der Waals surface area contributed by atoms with Crippen LogP contribution in [0.15, 0.2) is 23.6 Å². The van der Waals surface area contributed by atoms with Crippen molar-refractivity contribution in [3.05, 3.63) is 24.0 Å². The second-order valence-corrected chi connectivity index (χ2v) is 2.33. The number of hydrazone groups is 1. The van der Waals surface area contributed by atoms with Gasteiger partial charge in [-0.05, 0) is 6.07 Å². The molecule has 0 aliphatic carbocycles. The molecule has 0 radical (unpaired) electrons. The summed E-state index contributed by atoms with van der Waals surface area (Å²) in [5, 5.41) is 11.7. The highest BCUT2D eigenvalue weighted by molar-refractivity contribution is 5.80. The Kier molecular flexibility index (Phi) is 3.42. The highest BCUT2D eigenvalue weighted by Crippen LogP contribution is 2.07. The van der Waals surface area contributed by atoms with Gasteiger partial charge in [0.15, 0.2) is 0 Å². The Balaban J connectivity index is 2.66. The standard InChI is InChI=1S/C8H9N3O3/c1-14-7-2-6(3-9-5-7)4-10-11-8(12)13/h2-5,11H,1H3,(H,12,13)/b10-4+. The van der Waals surface area contributed by atoms with Crippen molar-refractivity contribution in [3.63, 3.8) is 0 Å². The number of ether oxygens (including phenoxy) is 1. The normalized spacial score (nSPS) is 10.1. The Morgan fingerprint density at radius 3 is 3.14 bits per heavy atom. The van der Waals surface area contributed by atoms with Crippen LogP contribution in [0, 0.1) is 0 Å². The van der Waals surface area contributed by atoms with Gasteiger partial charge in [0.1, 0.15) is 5.75 Å². The first-order valence-corrected chi connectivity index (χ1v) is 3.73. The molecule has 74 valence electrons. The summed E-state index contributed by atoms with van der Waals surface area (Å²) < 4.78 is 4.92.